The predicted octanol–water partition coefficient (Wildman–Crippen LogP) is 2.84. The van der Waals surface area contributed by atoms with Crippen molar-refractivity contribution in [2.24, 2.45) is 11.8 Å². The molecule has 0 aromatic rings. The van der Waals surface area contributed by atoms with E-state index in [0.29, 0.717) is 30.8 Å². The Balaban J connectivity index is 1.68. The molecular formula is C15H27ClN2O2S. The molecule has 3 aliphatic rings. The number of hydrogen-bond acceptors (Lipinski definition) is 2. The summed E-state index contributed by atoms with van der Waals surface area (Å²) in [4.78, 5) is 0. The summed E-state index contributed by atoms with van der Waals surface area (Å²) in [5, 5.41) is 0. The fourth-order valence-corrected chi connectivity index (χ4v) is 6.57. The van der Waals surface area contributed by atoms with E-state index in [-0.39, 0.29) is 6.04 Å². The average Bonchev–Trinajstić information content (AvgIpc) is 3.17. The monoisotopic (exact) mass is 334 g/mol. The highest BCUT2D eigenvalue weighted by atomic mass is 35.5. The lowest BCUT2D eigenvalue weighted by molar-refractivity contribution is 0.237. The van der Waals surface area contributed by atoms with E-state index in [0.717, 1.165) is 32.2 Å². The third kappa shape index (κ3) is 3.26. The Labute approximate surface area is 134 Å². The molecule has 0 amide bonds. The van der Waals surface area contributed by atoms with Gasteiger partial charge in [-0.3, -0.25) is 0 Å². The van der Waals surface area contributed by atoms with Gasteiger partial charge in [-0.05, 0) is 50.4 Å². The van der Waals surface area contributed by atoms with Gasteiger partial charge in [0.1, 0.15) is 0 Å². The van der Waals surface area contributed by atoms with Crippen LogP contribution in [0.5, 0.6) is 0 Å². The van der Waals surface area contributed by atoms with Crippen LogP contribution in [0.3, 0.4) is 0 Å². The number of piperidine rings is 1. The van der Waals surface area contributed by atoms with Crippen LogP contribution in [0.1, 0.15) is 51.4 Å². The molecule has 0 aromatic carbocycles. The van der Waals surface area contributed by atoms with E-state index in [1.165, 1.54) is 25.7 Å². The second kappa shape index (κ2) is 6.73. The minimum atomic E-state index is -3.26. The summed E-state index contributed by atoms with van der Waals surface area (Å²) in [5.74, 6) is 1.74. The molecule has 0 bridgehead atoms. The van der Waals surface area contributed by atoms with Gasteiger partial charge in [-0.2, -0.15) is 17.0 Å². The van der Waals surface area contributed by atoms with Crippen LogP contribution in [0.4, 0.5) is 0 Å². The van der Waals surface area contributed by atoms with Crippen LogP contribution in [0, 0.1) is 11.8 Å². The molecule has 0 aromatic heterocycles. The van der Waals surface area contributed by atoms with Gasteiger partial charge >= 0.3 is 0 Å². The van der Waals surface area contributed by atoms with Crippen LogP contribution < -0.4 is 0 Å². The summed E-state index contributed by atoms with van der Waals surface area (Å²) in [5.41, 5.74) is 0. The third-order valence-corrected chi connectivity index (χ3v) is 8.11. The van der Waals surface area contributed by atoms with Crippen molar-refractivity contribution in [3.05, 3.63) is 0 Å². The summed E-state index contributed by atoms with van der Waals surface area (Å²) in [7, 11) is -3.26. The number of hydrogen-bond donors (Lipinski definition) is 0. The van der Waals surface area contributed by atoms with Crippen molar-refractivity contribution in [2.75, 3.05) is 25.5 Å². The van der Waals surface area contributed by atoms with Gasteiger partial charge in [0.15, 0.2) is 0 Å². The van der Waals surface area contributed by atoms with E-state index in [1.807, 2.05) is 4.31 Å². The van der Waals surface area contributed by atoms with Crippen molar-refractivity contribution in [3.63, 3.8) is 0 Å². The number of alkyl halides is 1. The third-order valence-electron chi connectivity index (χ3n) is 5.61. The zero-order valence-corrected chi connectivity index (χ0v) is 14.3. The van der Waals surface area contributed by atoms with Crippen LogP contribution in [0.25, 0.3) is 0 Å². The fraction of sp³-hybridized carbons (Fsp3) is 1.00. The standard InChI is InChI=1S/C15H27ClN2O2S/c16-12-13-7-10-17(11-8-13)21(19,20)18-9-3-6-15(18)14-4-1-2-5-14/h13-15H,1-12H2. The molecule has 2 aliphatic heterocycles. The molecule has 3 rings (SSSR count). The first-order chi connectivity index (χ1) is 10.1. The Hall–Kier alpha value is 0.160. The Morgan fingerprint density at radius 1 is 0.905 bits per heavy atom. The quantitative estimate of drug-likeness (QED) is 0.742. The molecule has 0 N–H and O–H groups in total. The maximum Gasteiger partial charge on any atom is 0.282 e. The Morgan fingerprint density at radius 3 is 2.19 bits per heavy atom. The minimum Gasteiger partial charge on any atom is -0.195 e. The number of rotatable bonds is 4. The van der Waals surface area contributed by atoms with E-state index >= 15 is 0 Å². The molecular weight excluding hydrogens is 308 g/mol. The zero-order valence-electron chi connectivity index (χ0n) is 12.7. The molecule has 1 aliphatic carbocycles. The molecule has 21 heavy (non-hydrogen) atoms. The predicted molar refractivity (Wildman–Crippen MR) is 85.6 cm³/mol. The van der Waals surface area contributed by atoms with Gasteiger partial charge in [-0.25, -0.2) is 0 Å². The first-order valence-electron chi connectivity index (χ1n) is 8.46. The highest BCUT2D eigenvalue weighted by Crippen LogP contribution is 2.37. The topological polar surface area (TPSA) is 40.6 Å². The zero-order chi connectivity index (χ0) is 14.9. The van der Waals surface area contributed by atoms with Crippen molar-refractivity contribution < 1.29 is 8.42 Å². The van der Waals surface area contributed by atoms with Crippen molar-refractivity contribution >= 4 is 21.8 Å². The number of halogens is 1. The molecule has 6 heteroatoms. The van der Waals surface area contributed by atoms with E-state index < -0.39 is 10.2 Å². The van der Waals surface area contributed by atoms with Crippen molar-refractivity contribution in [2.45, 2.75) is 57.4 Å². The highest BCUT2D eigenvalue weighted by Gasteiger charge is 2.42. The Bertz CT molecular complexity index is 443. The molecule has 0 radical (unpaired) electrons. The van der Waals surface area contributed by atoms with Crippen LogP contribution in [0.15, 0.2) is 0 Å². The van der Waals surface area contributed by atoms with Gasteiger partial charge in [0, 0.05) is 31.6 Å². The Kier molecular flexibility index (Phi) is 5.14. The van der Waals surface area contributed by atoms with Crippen LogP contribution in [-0.2, 0) is 10.2 Å². The fourth-order valence-electron chi connectivity index (χ4n) is 4.31. The summed E-state index contributed by atoms with van der Waals surface area (Å²) in [6, 6.07) is 0.267. The maximum absolute atomic E-state index is 13.0. The van der Waals surface area contributed by atoms with Crippen LogP contribution in [0.2, 0.25) is 0 Å². The molecule has 1 unspecified atom stereocenters. The maximum atomic E-state index is 13.0. The molecule has 1 saturated carbocycles. The molecule has 4 nitrogen and oxygen atoms in total. The lowest BCUT2D eigenvalue weighted by Crippen LogP contribution is -2.50. The summed E-state index contributed by atoms with van der Waals surface area (Å²) in [6.07, 6.45) is 8.87. The van der Waals surface area contributed by atoms with Crippen molar-refractivity contribution in [1.82, 2.24) is 8.61 Å². The summed E-state index contributed by atoms with van der Waals surface area (Å²) in [6.45, 7) is 2.01. The van der Waals surface area contributed by atoms with Crippen LogP contribution >= 0.6 is 11.6 Å². The van der Waals surface area contributed by atoms with E-state index in [9.17, 15) is 8.42 Å². The molecule has 3 fully saturated rings. The first kappa shape index (κ1) is 16.0. The lowest BCUT2D eigenvalue weighted by Gasteiger charge is -2.36. The average molecular weight is 335 g/mol. The lowest BCUT2D eigenvalue weighted by atomic mass is 9.97. The van der Waals surface area contributed by atoms with Gasteiger partial charge in [0.2, 0.25) is 0 Å². The van der Waals surface area contributed by atoms with Gasteiger partial charge < -0.3 is 0 Å². The van der Waals surface area contributed by atoms with E-state index in [4.69, 9.17) is 11.6 Å². The molecule has 2 heterocycles. The van der Waals surface area contributed by atoms with Gasteiger partial charge in [-0.15, -0.1) is 11.6 Å². The second-order valence-electron chi connectivity index (χ2n) is 6.87. The summed E-state index contributed by atoms with van der Waals surface area (Å²) < 4.78 is 29.5. The number of nitrogens with zero attached hydrogens (tertiary/aromatic N) is 2. The summed E-state index contributed by atoms with van der Waals surface area (Å²) >= 11 is 5.90. The normalized spacial score (nSPS) is 31.2. The molecule has 1 atom stereocenters. The molecule has 122 valence electrons. The molecule has 2 saturated heterocycles. The minimum absolute atomic E-state index is 0.267. The van der Waals surface area contributed by atoms with E-state index in [1.54, 1.807) is 4.31 Å². The van der Waals surface area contributed by atoms with E-state index in [2.05, 4.69) is 0 Å². The highest BCUT2D eigenvalue weighted by molar-refractivity contribution is 7.86. The smallest absolute Gasteiger partial charge is 0.195 e. The van der Waals surface area contributed by atoms with Gasteiger partial charge in [-0.1, -0.05) is 12.8 Å². The van der Waals surface area contributed by atoms with Gasteiger partial charge in [0.25, 0.3) is 10.2 Å². The SMILES string of the molecule is O=S(=O)(N1CCC(CCl)CC1)N1CCCC1C1CCCC1. The van der Waals surface area contributed by atoms with Crippen LogP contribution in [-0.4, -0.2) is 48.6 Å². The van der Waals surface area contributed by atoms with Crippen molar-refractivity contribution in [1.29, 1.82) is 0 Å². The first-order valence-corrected chi connectivity index (χ1v) is 10.4. The second-order valence-corrected chi connectivity index (χ2v) is 9.06. The largest absolute Gasteiger partial charge is 0.282 e. The van der Waals surface area contributed by atoms with Gasteiger partial charge in [0.05, 0.1) is 0 Å². The Morgan fingerprint density at radius 2 is 1.57 bits per heavy atom. The van der Waals surface area contributed by atoms with Crippen molar-refractivity contribution in [3.8, 4) is 0 Å². The molecule has 0 spiro atoms.